The highest BCUT2D eigenvalue weighted by atomic mass is 16.5. The van der Waals surface area contributed by atoms with Crippen LogP contribution in [0.1, 0.15) is 56.8 Å². The smallest absolute Gasteiger partial charge is 0.305 e. The largest absolute Gasteiger partial charge is 0.496 e. The van der Waals surface area contributed by atoms with Gasteiger partial charge < -0.3 is 20.1 Å². The van der Waals surface area contributed by atoms with Gasteiger partial charge in [-0.2, -0.15) is 0 Å². The highest BCUT2D eigenvalue weighted by Gasteiger charge is 2.23. The van der Waals surface area contributed by atoms with E-state index < -0.39 is 5.97 Å². The lowest BCUT2D eigenvalue weighted by Gasteiger charge is -2.24. The predicted molar refractivity (Wildman–Crippen MR) is 164 cm³/mol. The summed E-state index contributed by atoms with van der Waals surface area (Å²) in [6.07, 6.45) is 0.309. The minimum Gasteiger partial charge on any atom is -0.496 e. The summed E-state index contributed by atoms with van der Waals surface area (Å²) in [5, 5.41) is 12.5. The number of nitrogens with zero attached hydrogens (tertiary/aromatic N) is 1. The Balaban J connectivity index is 1.63. The number of para-hydroxylation sites is 1. The standard InChI is InChI=1S/C35H36N2O5/c1-24-16-18-26(19-17-24)25(2)36-34(40)30-13-7-5-11-28(30)29-12-6-8-14-31(29)35(41)37(23-21-33(38)39)22-20-27-10-4-9-15-32(27)42-3/h4-19,25H,20-23H2,1-3H3,(H,36,40)(H,38,39)/t25-/m1/s1. The number of aryl methyl sites for hydroxylation is 1. The van der Waals surface area contributed by atoms with Crippen LogP contribution in [-0.4, -0.2) is 48.0 Å². The summed E-state index contributed by atoms with van der Waals surface area (Å²) >= 11 is 0. The number of carbonyl (C=O) groups is 3. The van der Waals surface area contributed by atoms with Gasteiger partial charge in [-0.25, -0.2) is 0 Å². The highest BCUT2D eigenvalue weighted by molar-refractivity contribution is 6.06. The van der Waals surface area contributed by atoms with Crippen LogP contribution in [-0.2, 0) is 11.2 Å². The first-order chi connectivity index (χ1) is 20.3. The topological polar surface area (TPSA) is 95.9 Å². The van der Waals surface area contributed by atoms with Crippen LogP contribution < -0.4 is 10.1 Å². The van der Waals surface area contributed by atoms with Gasteiger partial charge in [0.15, 0.2) is 0 Å². The highest BCUT2D eigenvalue weighted by Crippen LogP contribution is 2.29. The van der Waals surface area contributed by atoms with Gasteiger partial charge in [0.2, 0.25) is 0 Å². The van der Waals surface area contributed by atoms with Crippen LogP contribution in [0.15, 0.2) is 97.1 Å². The molecule has 0 saturated carbocycles. The van der Waals surface area contributed by atoms with Crippen molar-refractivity contribution in [2.75, 3.05) is 20.2 Å². The monoisotopic (exact) mass is 564 g/mol. The minimum absolute atomic E-state index is 0.0495. The lowest BCUT2D eigenvalue weighted by Crippen LogP contribution is -2.35. The van der Waals surface area contributed by atoms with Gasteiger partial charge in [-0.1, -0.05) is 84.4 Å². The van der Waals surface area contributed by atoms with Crippen LogP contribution in [0.2, 0.25) is 0 Å². The molecule has 0 aliphatic heterocycles. The molecule has 0 aliphatic rings. The Morgan fingerprint density at radius 1 is 0.810 bits per heavy atom. The number of amides is 2. The number of carbonyl (C=O) groups excluding carboxylic acids is 2. The van der Waals surface area contributed by atoms with Gasteiger partial charge in [0.25, 0.3) is 11.8 Å². The van der Waals surface area contributed by atoms with E-state index in [1.54, 1.807) is 36.3 Å². The van der Waals surface area contributed by atoms with E-state index in [1.807, 2.05) is 86.6 Å². The maximum absolute atomic E-state index is 14.0. The number of aliphatic carboxylic acids is 1. The second kappa shape index (κ2) is 14.1. The Kier molecular flexibility index (Phi) is 10.1. The van der Waals surface area contributed by atoms with Crippen molar-refractivity contribution in [2.45, 2.75) is 32.7 Å². The maximum Gasteiger partial charge on any atom is 0.305 e. The van der Waals surface area contributed by atoms with Crippen LogP contribution in [0.25, 0.3) is 11.1 Å². The molecule has 4 rings (SSSR count). The van der Waals surface area contributed by atoms with E-state index in [1.165, 1.54) is 0 Å². The third-order valence-electron chi connectivity index (χ3n) is 7.27. The van der Waals surface area contributed by atoms with E-state index in [4.69, 9.17) is 4.74 Å². The average Bonchev–Trinajstić information content (AvgIpc) is 3.01. The normalized spacial score (nSPS) is 11.4. The van der Waals surface area contributed by atoms with E-state index in [0.29, 0.717) is 41.0 Å². The number of nitrogens with one attached hydrogen (secondary N) is 1. The first-order valence-electron chi connectivity index (χ1n) is 14.0. The Labute approximate surface area is 246 Å². The maximum atomic E-state index is 14.0. The van der Waals surface area contributed by atoms with Crippen molar-refractivity contribution in [3.63, 3.8) is 0 Å². The molecule has 4 aromatic rings. The minimum atomic E-state index is -0.983. The fourth-order valence-electron chi connectivity index (χ4n) is 4.91. The molecule has 0 aromatic heterocycles. The quantitative estimate of drug-likeness (QED) is 0.210. The lowest BCUT2D eigenvalue weighted by molar-refractivity contribution is -0.137. The summed E-state index contributed by atoms with van der Waals surface area (Å²) in [5.41, 5.74) is 5.13. The summed E-state index contributed by atoms with van der Waals surface area (Å²) < 4.78 is 5.46. The summed E-state index contributed by atoms with van der Waals surface area (Å²) in [6, 6.07) is 29.7. The molecule has 1 atom stereocenters. The number of hydrogen-bond acceptors (Lipinski definition) is 4. The van der Waals surface area contributed by atoms with E-state index in [9.17, 15) is 19.5 Å². The molecule has 2 N–H and O–H groups in total. The van der Waals surface area contributed by atoms with Gasteiger partial charge in [0.05, 0.1) is 19.6 Å². The average molecular weight is 565 g/mol. The van der Waals surface area contributed by atoms with Crippen molar-refractivity contribution in [1.82, 2.24) is 10.2 Å². The molecule has 7 nitrogen and oxygen atoms in total. The Hall–Kier alpha value is -4.91. The zero-order valence-electron chi connectivity index (χ0n) is 24.2. The van der Waals surface area contributed by atoms with Crippen molar-refractivity contribution in [1.29, 1.82) is 0 Å². The number of rotatable bonds is 12. The van der Waals surface area contributed by atoms with Gasteiger partial charge >= 0.3 is 5.97 Å². The van der Waals surface area contributed by atoms with E-state index in [2.05, 4.69) is 5.32 Å². The molecule has 7 heteroatoms. The molecule has 0 bridgehead atoms. The number of methoxy groups -OCH3 is 1. The Morgan fingerprint density at radius 2 is 1.40 bits per heavy atom. The molecular weight excluding hydrogens is 528 g/mol. The molecule has 0 unspecified atom stereocenters. The number of carboxylic acid groups (broad SMARTS) is 1. The summed E-state index contributed by atoms with van der Waals surface area (Å²) in [7, 11) is 1.59. The third-order valence-corrected chi connectivity index (χ3v) is 7.27. The second-order valence-electron chi connectivity index (χ2n) is 10.2. The molecule has 0 heterocycles. The molecule has 0 saturated heterocycles. The number of ether oxygens (including phenoxy) is 1. The SMILES string of the molecule is COc1ccccc1CCN(CCC(=O)O)C(=O)c1ccccc1-c1ccccc1C(=O)N[C@H](C)c1ccc(C)cc1. The van der Waals surface area contributed by atoms with Gasteiger partial charge in [0, 0.05) is 24.2 Å². The van der Waals surface area contributed by atoms with Gasteiger partial charge in [-0.05, 0) is 60.7 Å². The van der Waals surface area contributed by atoms with Crippen LogP contribution in [0, 0.1) is 6.92 Å². The second-order valence-corrected chi connectivity index (χ2v) is 10.2. The number of carboxylic acids is 1. The molecule has 42 heavy (non-hydrogen) atoms. The summed E-state index contributed by atoms with van der Waals surface area (Å²) in [6.45, 7) is 4.30. The van der Waals surface area contributed by atoms with Gasteiger partial charge in [-0.3, -0.25) is 14.4 Å². The zero-order valence-corrected chi connectivity index (χ0v) is 24.2. The van der Waals surface area contributed by atoms with Crippen molar-refractivity contribution in [3.05, 3.63) is 125 Å². The fourth-order valence-corrected chi connectivity index (χ4v) is 4.91. The molecule has 4 aromatic carbocycles. The van der Waals surface area contributed by atoms with Crippen molar-refractivity contribution < 1.29 is 24.2 Å². The molecule has 0 aliphatic carbocycles. The van der Waals surface area contributed by atoms with Gasteiger partial charge in [-0.15, -0.1) is 0 Å². The molecule has 0 radical (unpaired) electrons. The van der Waals surface area contributed by atoms with Crippen molar-refractivity contribution >= 4 is 17.8 Å². The predicted octanol–water partition coefficient (Wildman–Crippen LogP) is 6.32. The molecule has 216 valence electrons. The zero-order chi connectivity index (χ0) is 30.1. The molecular formula is C35H36N2O5. The molecule has 0 fully saturated rings. The Morgan fingerprint density at radius 3 is 2.07 bits per heavy atom. The van der Waals surface area contributed by atoms with Crippen molar-refractivity contribution in [3.8, 4) is 16.9 Å². The number of benzene rings is 4. The first kappa shape index (κ1) is 30.1. The first-order valence-corrected chi connectivity index (χ1v) is 14.0. The van der Waals surface area contributed by atoms with Gasteiger partial charge in [0.1, 0.15) is 5.75 Å². The van der Waals surface area contributed by atoms with Crippen LogP contribution >= 0.6 is 0 Å². The molecule has 2 amide bonds. The van der Waals surface area contributed by atoms with Crippen LogP contribution in [0.4, 0.5) is 0 Å². The van der Waals surface area contributed by atoms with Crippen LogP contribution in [0.5, 0.6) is 5.75 Å². The summed E-state index contributed by atoms with van der Waals surface area (Å²) in [4.78, 5) is 40.5. The Bertz CT molecular complexity index is 1550. The van der Waals surface area contributed by atoms with E-state index in [0.717, 1.165) is 16.7 Å². The van der Waals surface area contributed by atoms with Crippen LogP contribution in [0.3, 0.4) is 0 Å². The fraction of sp³-hybridized carbons (Fsp3) is 0.229. The van der Waals surface area contributed by atoms with E-state index in [-0.39, 0.29) is 30.8 Å². The molecule has 0 spiro atoms. The summed E-state index contributed by atoms with van der Waals surface area (Å²) in [5.74, 6) is -0.823. The number of hydrogen-bond donors (Lipinski definition) is 2. The third kappa shape index (κ3) is 7.43. The van der Waals surface area contributed by atoms with Crippen molar-refractivity contribution in [2.24, 2.45) is 0 Å². The van der Waals surface area contributed by atoms with E-state index >= 15 is 0 Å². The lowest BCUT2D eigenvalue weighted by atomic mass is 9.94.